The number of fused-ring (bicyclic) bond motifs is 8. The molecule has 0 atom stereocenters. The van der Waals surface area contributed by atoms with Gasteiger partial charge in [0, 0.05) is 16.2 Å². The standard InChI is InChI=1S/C47H30O/c1-47(2)40-26-30(34-23-32-15-13-27-7-5-8-28-14-16-33(24-34)44(32)43(27)28)18-20-36(40)38-21-17-29-9-6-11-35(45(29)46(38)47)31-19-22-42-39(25-31)37-10-3-4-12-41(37)48-42/h3-26H,1-2H3. The number of para-hydroxylation sites is 1. The summed E-state index contributed by atoms with van der Waals surface area (Å²) >= 11 is 0. The predicted molar refractivity (Wildman–Crippen MR) is 203 cm³/mol. The Morgan fingerprint density at radius 1 is 0.396 bits per heavy atom. The van der Waals surface area contributed by atoms with Gasteiger partial charge in [0.15, 0.2) is 0 Å². The van der Waals surface area contributed by atoms with Crippen molar-refractivity contribution in [2.75, 3.05) is 0 Å². The summed E-state index contributed by atoms with van der Waals surface area (Å²) in [7, 11) is 0. The van der Waals surface area contributed by atoms with Crippen LogP contribution >= 0.6 is 0 Å². The maximum absolute atomic E-state index is 6.18. The largest absolute Gasteiger partial charge is 0.456 e. The highest BCUT2D eigenvalue weighted by Gasteiger charge is 2.38. The van der Waals surface area contributed by atoms with Crippen molar-refractivity contribution in [1.82, 2.24) is 0 Å². The maximum Gasteiger partial charge on any atom is 0.135 e. The Hall–Kier alpha value is -5.92. The third kappa shape index (κ3) is 3.40. The van der Waals surface area contributed by atoms with E-state index >= 15 is 0 Å². The number of hydrogen-bond acceptors (Lipinski definition) is 1. The molecule has 48 heavy (non-hydrogen) atoms. The van der Waals surface area contributed by atoms with Gasteiger partial charge in [0.1, 0.15) is 11.2 Å². The highest BCUT2D eigenvalue weighted by molar-refractivity contribution is 6.23. The molecule has 1 aromatic heterocycles. The van der Waals surface area contributed by atoms with Crippen molar-refractivity contribution in [2.45, 2.75) is 19.3 Å². The van der Waals surface area contributed by atoms with Crippen LogP contribution in [-0.2, 0) is 5.41 Å². The lowest BCUT2D eigenvalue weighted by molar-refractivity contribution is 0.666. The van der Waals surface area contributed by atoms with Gasteiger partial charge in [-0.15, -0.1) is 0 Å². The van der Waals surface area contributed by atoms with Crippen LogP contribution in [-0.4, -0.2) is 0 Å². The lowest BCUT2D eigenvalue weighted by atomic mass is 9.78. The first-order valence-electron chi connectivity index (χ1n) is 16.8. The van der Waals surface area contributed by atoms with E-state index in [0.717, 1.165) is 21.9 Å². The first-order chi connectivity index (χ1) is 23.5. The van der Waals surface area contributed by atoms with Gasteiger partial charge in [-0.05, 0) is 124 Å². The smallest absolute Gasteiger partial charge is 0.135 e. The molecule has 0 N–H and O–H groups in total. The Labute approximate surface area is 278 Å². The number of rotatable bonds is 2. The number of furan rings is 1. The summed E-state index contributed by atoms with van der Waals surface area (Å²) in [5.74, 6) is 0. The summed E-state index contributed by atoms with van der Waals surface area (Å²) < 4.78 is 6.18. The molecule has 1 heterocycles. The Morgan fingerprint density at radius 2 is 1.02 bits per heavy atom. The molecule has 224 valence electrons. The van der Waals surface area contributed by atoms with Gasteiger partial charge in [0.05, 0.1) is 0 Å². The number of benzene rings is 9. The molecule has 0 saturated heterocycles. The van der Waals surface area contributed by atoms with E-state index in [-0.39, 0.29) is 5.41 Å². The Kier molecular flexibility index (Phi) is 4.97. The van der Waals surface area contributed by atoms with E-state index in [2.05, 4.69) is 153 Å². The van der Waals surface area contributed by atoms with Crippen molar-refractivity contribution in [3.8, 4) is 33.4 Å². The Bertz CT molecular complexity index is 2910. The van der Waals surface area contributed by atoms with Gasteiger partial charge < -0.3 is 4.42 Å². The first-order valence-corrected chi connectivity index (χ1v) is 16.8. The minimum absolute atomic E-state index is 0.182. The fourth-order valence-corrected chi connectivity index (χ4v) is 8.92. The van der Waals surface area contributed by atoms with E-state index < -0.39 is 0 Å². The number of hydrogen-bond donors (Lipinski definition) is 0. The van der Waals surface area contributed by atoms with Crippen LogP contribution in [0.25, 0.3) is 98.4 Å². The van der Waals surface area contributed by atoms with Crippen LogP contribution < -0.4 is 0 Å². The monoisotopic (exact) mass is 610 g/mol. The second kappa shape index (κ2) is 9.12. The zero-order valence-corrected chi connectivity index (χ0v) is 26.8. The second-order valence-electron chi connectivity index (χ2n) is 14.1. The molecule has 11 rings (SSSR count). The molecule has 1 aliphatic rings. The molecule has 0 saturated carbocycles. The molecule has 1 heteroatoms. The normalized spacial score (nSPS) is 13.8. The molecular formula is C47H30O. The molecule has 1 aliphatic carbocycles. The van der Waals surface area contributed by atoms with E-state index in [1.54, 1.807) is 0 Å². The van der Waals surface area contributed by atoms with Gasteiger partial charge in [0.2, 0.25) is 0 Å². The van der Waals surface area contributed by atoms with E-state index in [4.69, 9.17) is 4.42 Å². The van der Waals surface area contributed by atoms with Gasteiger partial charge in [-0.3, -0.25) is 0 Å². The van der Waals surface area contributed by atoms with E-state index in [0.29, 0.717) is 0 Å². The van der Waals surface area contributed by atoms with Crippen molar-refractivity contribution in [3.63, 3.8) is 0 Å². The fraction of sp³-hybridized carbons (Fsp3) is 0.0638. The minimum atomic E-state index is -0.182. The summed E-state index contributed by atoms with van der Waals surface area (Å²) in [6.45, 7) is 4.82. The second-order valence-corrected chi connectivity index (χ2v) is 14.1. The molecule has 0 unspecified atom stereocenters. The van der Waals surface area contributed by atoms with Crippen LogP contribution in [0, 0.1) is 0 Å². The van der Waals surface area contributed by atoms with Gasteiger partial charge in [0.25, 0.3) is 0 Å². The van der Waals surface area contributed by atoms with Crippen molar-refractivity contribution >= 4 is 65.0 Å². The molecular weight excluding hydrogens is 581 g/mol. The van der Waals surface area contributed by atoms with E-state index in [9.17, 15) is 0 Å². The predicted octanol–water partition coefficient (Wildman–Crippen LogP) is 13.3. The third-order valence-corrected chi connectivity index (χ3v) is 11.1. The molecule has 0 spiro atoms. The highest BCUT2D eigenvalue weighted by Crippen LogP contribution is 2.54. The van der Waals surface area contributed by atoms with Gasteiger partial charge in [-0.25, -0.2) is 0 Å². The van der Waals surface area contributed by atoms with E-state index in [1.807, 2.05) is 6.07 Å². The van der Waals surface area contributed by atoms with Crippen molar-refractivity contribution < 1.29 is 4.42 Å². The molecule has 9 aromatic carbocycles. The maximum atomic E-state index is 6.18. The van der Waals surface area contributed by atoms with Crippen molar-refractivity contribution in [3.05, 3.63) is 157 Å². The molecule has 0 aliphatic heterocycles. The topological polar surface area (TPSA) is 13.1 Å². The lowest BCUT2D eigenvalue weighted by Gasteiger charge is -2.25. The fourth-order valence-electron chi connectivity index (χ4n) is 8.92. The summed E-state index contributed by atoms with van der Waals surface area (Å²) in [5, 5.41) is 12.9. The van der Waals surface area contributed by atoms with Crippen LogP contribution in [0.3, 0.4) is 0 Å². The summed E-state index contributed by atoms with van der Waals surface area (Å²) in [5.41, 5.74) is 12.2. The summed E-state index contributed by atoms with van der Waals surface area (Å²) in [6, 6.07) is 54.0. The minimum Gasteiger partial charge on any atom is -0.456 e. The molecule has 0 radical (unpaired) electrons. The van der Waals surface area contributed by atoms with Crippen LogP contribution in [0.5, 0.6) is 0 Å². The van der Waals surface area contributed by atoms with Crippen molar-refractivity contribution in [2.24, 2.45) is 0 Å². The Morgan fingerprint density at radius 3 is 1.83 bits per heavy atom. The summed E-state index contributed by atoms with van der Waals surface area (Å²) in [6.07, 6.45) is 0. The van der Waals surface area contributed by atoms with E-state index in [1.165, 1.54) is 87.6 Å². The van der Waals surface area contributed by atoms with Gasteiger partial charge in [-0.2, -0.15) is 0 Å². The quantitative estimate of drug-likeness (QED) is 0.178. The first kappa shape index (κ1) is 26.2. The molecule has 10 aromatic rings. The van der Waals surface area contributed by atoms with Crippen LogP contribution in [0.1, 0.15) is 25.0 Å². The van der Waals surface area contributed by atoms with Crippen molar-refractivity contribution in [1.29, 1.82) is 0 Å². The van der Waals surface area contributed by atoms with Crippen LogP contribution in [0.15, 0.2) is 150 Å². The SMILES string of the molecule is CC1(C)c2cc(-c3cc4ccc5cccc6ccc(c3)c4c56)ccc2-c2ccc3cccc(-c4ccc5oc6ccccc6c5c4)c3c21. The van der Waals surface area contributed by atoms with Gasteiger partial charge >= 0.3 is 0 Å². The Balaban J connectivity index is 1.10. The zero-order chi connectivity index (χ0) is 31.7. The molecule has 0 amide bonds. The average molecular weight is 611 g/mol. The lowest BCUT2D eigenvalue weighted by Crippen LogP contribution is -2.16. The molecule has 0 fully saturated rings. The zero-order valence-electron chi connectivity index (χ0n) is 26.8. The van der Waals surface area contributed by atoms with Crippen LogP contribution in [0.2, 0.25) is 0 Å². The molecule has 0 bridgehead atoms. The highest BCUT2D eigenvalue weighted by atomic mass is 16.3. The van der Waals surface area contributed by atoms with Crippen LogP contribution in [0.4, 0.5) is 0 Å². The molecule has 1 nitrogen and oxygen atoms in total. The average Bonchev–Trinajstić information content (AvgIpc) is 3.61. The van der Waals surface area contributed by atoms with Gasteiger partial charge in [-0.1, -0.05) is 123 Å². The summed E-state index contributed by atoms with van der Waals surface area (Å²) in [4.78, 5) is 0. The third-order valence-electron chi connectivity index (χ3n) is 11.1.